The van der Waals surface area contributed by atoms with Gasteiger partial charge in [-0.3, -0.25) is 4.99 Å². The molecule has 0 N–H and O–H groups in total. The van der Waals surface area contributed by atoms with Crippen molar-refractivity contribution in [3.8, 4) is 0 Å². The maximum atomic E-state index is 4.09. The van der Waals surface area contributed by atoms with Crippen molar-refractivity contribution in [3.63, 3.8) is 0 Å². The Balaban J connectivity index is 2.21. The first-order chi connectivity index (χ1) is 5.97. The minimum absolute atomic E-state index is 0.632. The van der Waals surface area contributed by atoms with E-state index in [0.717, 1.165) is 5.82 Å². The van der Waals surface area contributed by atoms with Gasteiger partial charge in [-0.25, -0.2) is 9.97 Å². The van der Waals surface area contributed by atoms with Gasteiger partial charge in [-0.1, -0.05) is 0 Å². The maximum absolute atomic E-state index is 4.09. The zero-order chi connectivity index (χ0) is 8.23. The van der Waals surface area contributed by atoms with E-state index < -0.39 is 0 Å². The standard InChI is InChI=1S/C8H8N4/c1-3-10-7-12(5-1)8-2-4-9-6-11-8/h1-6H,7H2. The molecule has 1 aromatic heterocycles. The third kappa shape index (κ3) is 1.32. The number of aromatic nitrogens is 2. The Kier molecular flexibility index (Phi) is 1.82. The quantitative estimate of drug-likeness (QED) is 0.611. The highest BCUT2D eigenvalue weighted by Gasteiger charge is 2.03. The predicted octanol–water partition coefficient (Wildman–Crippen LogP) is 0.839. The van der Waals surface area contributed by atoms with Crippen molar-refractivity contribution in [3.05, 3.63) is 30.9 Å². The summed E-state index contributed by atoms with van der Waals surface area (Å²) in [5, 5.41) is 0. The first kappa shape index (κ1) is 6.97. The number of hydrogen-bond donors (Lipinski definition) is 0. The van der Waals surface area contributed by atoms with Crippen LogP contribution in [0.4, 0.5) is 5.82 Å². The summed E-state index contributed by atoms with van der Waals surface area (Å²) in [6, 6.07) is 1.85. The van der Waals surface area contributed by atoms with E-state index in [1.165, 1.54) is 6.33 Å². The Morgan fingerprint density at radius 1 is 1.42 bits per heavy atom. The highest BCUT2D eigenvalue weighted by molar-refractivity contribution is 5.73. The Bertz CT molecular complexity index is 304. The molecule has 0 fully saturated rings. The fourth-order valence-corrected chi connectivity index (χ4v) is 0.988. The number of nitrogens with zero attached hydrogens (tertiary/aromatic N) is 4. The first-order valence-corrected chi connectivity index (χ1v) is 3.66. The van der Waals surface area contributed by atoms with Crippen molar-refractivity contribution in [2.75, 3.05) is 11.6 Å². The predicted molar refractivity (Wildman–Crippen MR) is 47.0 cm³/mol. The van der Waals surface area contributed by atoms with Crippen LogP contribution in [0.15, 0.2) is 35.9 Å². The molecule has 0 unspecified atom stereocenters. The third-order valence-electron chi connectivity index (χ3n) is 1.55. The lowest BCUT2D eigenvalue weighted by Crippen LogP contribution is -2.19. The summed E-state index contributed by atoms with van der Waals surface area (Å²) >= 11 is 0. The van der Waals surface area contributed by atoms with Crippen LogP contribution in [0.1, 0.15) is 0 Å². The summed E-state index contributed by atoms with van der Waals surface area (Å²) in [4.78, 5) is 14.0. The molecule has 0 spiro atoms. The van der Waals surface area contributed by atoms with Crippen molar-refractivity contribution < 1.29 is 0 Å². The molecular formula is C8H8N4. The van der Waals surface area contributed by atoms with Crippen molar-refractivity contribution in [2.24, 2.45) is 4.99 Å². The Morgan fingerprint density at radius 3 is 3.08 bits per heavy atom. The van der Waals surface area contributed by atoms with Gasteiger partial charge in [-0.15, -0.1) is 0 Å². The third-order valence-corrected chi connectivity index (χ3v) is 1.55. The molecule has 4 nitrogen and oxygen atoms in total. The Hall–Kier alpha value is -1.71. The van der Waals surface area contributed by atoms with Gasteiger partial charge in [0, 0.05) is 18.6 Å². The van der Waals surface area contributed by atoms with Gasteiger partial charge in [0.1, 0.15) is 18.8 Å². The lowest BCUT2D eigenvalue weighted by molar-refractivity contribution is 0.935. The lowest BCUT2D eigenvalue weighted by Gasteiger charge is -2.17. The minimum Gasteiger partial charge on any atom is -0.313 e. The Morgan fingerprint density at radius 2 is 2.42 bits per heavy atom. The molecule has 1 aliphatic heterocycles. The molecule has 0 atom stereocenters. The van der Waals surface area contributed by atoms with E-state index in [-0.39, 0.29) is 0 Å². The molecular weight excluding hydrogens is 152 g/mol. The molecule has 0 saturated heterocycles. The summed E-state index contributed by atoms with van der Waals surface area (Å²) in [5.74, 6) is 0.873. The molecule has 2 heterocycles. The van der Waals surface area contributed by atoms with Gasteiger partial charge in [-0.05, 0) is 12.1 Å². The highest BCUT2D eigenvalue weighted by atomic mass is 15.2. The molecule has 2 rings (SSSR count). The van der Waals surface area contributed by atoms with E-state index in [1.807, 2.05) is 23.2 Å². The smallest absolute Gasteiger partial charge is 0.137 e. The minimum atomic E-state index is 0.632. The van der Waals surface area contributed by atoms with E-state index >= 15 is 0 Å². The number of rotatable bonds is 1. The largest absolute Gasteiger partial charge is 0.313 e. The maximum Gasteiger partial charge on any atom is 0.137 e. The van der Waals surface area contributed by atoms with Gasteiger partial charge in [0.2, 0.25) is 0 Å². The van der Waals surface area contributed by atoms with Crippen LogP contribution < -0.4 is 4.90 Å². The molecule has 0 saturated carbocycles. The van der Waals surface area contributed by atoms with E-state index in [1.54, 1.807) is 12.4 Å². The highest BCUT2D eigenvalue weighted by Crippen LogP contribution is 2.09. The van der Waals surface area contributed by atoms with Gasteiger partial charge < -0.3 is 4.90 Å². The zero-order valence-electron chi connectivity index (χ0n) is 6.46. The van der Waals surface area contributed by atoms with Crippen molar-refractivity contribution in [1.29, 1.82) is 0 Å². The van der Waals surface area contributed by atoms with Crippen molar-refractivity contribution >= 4 is 12.0 Å². The second-order valence-corrected chi connectivity index (χ2v) is 2.35. The molecule has 0 aromatic carbocycles. The van der Waals surface area contributed by atoms with Gasteiger partial charge in [0.15, 0.2) is 0 Å². The summed E-state index contributed by atoms with van der Waals surface area (Å²) in [6.45, 7) is 0.632. The second-order valence-electron chi connectivity index (χ2n) is 2.35. The second kappa shape index (κ2) is 3.13. The zero-order valence-corrected chi connectivity index (χ0v) is 6.46. The van der Waals surface area contributed by atoms with Crippen LogP contribution in [-0.4, -0.2) is 22.9 Å². The molecule has 0 amide bonds. The van der Waals surface area contributed by atoms with E-state index in [0.29, 0.717) is 6.67 Å². The average Bonchev–Trinajstić information content (AvgIpc) is 2.21. The number of allylic oxidation sites excluding steroid dienone is 1. The number of anilines is 1. The SMILES string of the molecule is C1=CN(c2ccncn2)CN=C1. The summed E-state index contributed by atoms with van der Waals surface area (Å²) < 4.78 is 0. The van der Waals surface area contributed by atoms with Crippen LogP contribution >= 0.6 is 0 Å². The molecule has 1 aliphatic rings. The number of hydrogen-bond acceptors (Lipinski definition) is 4. The molecule has 1 aromatic rings. The van der Waals surface area contributed by atoms with Crippen molar-refractivity contribution in [2.45, 2.75) is 0 Å². The molecule has 0 bridgehead atoms. The van der Waals surface area contributed by atoms with E-state index in [2.05, 4.69) is 15.0 Å². The van der Waals surface area contributed by atoms with E-state index in [4.69, 9.17) is 0 Å². The normalized spacial score (nSPS) is 15.2. The van der Waals surface area contributed by atoms with Crippen LogP contribution in [0.2, 0.25) is 0 Å². The molecule has 4 heteroatoms. The summed E-state index contributed by atoms with van der Waals surface area (Å²) in [6.07, 6.45) is 8.84. The molecule has 60 valence electrons. The fraction of sp³-hybridized carbons (Fsp3) is 0.125. The van der Waals surface area contributed by atoms with Crippen LogP contribution in [-0.2, 0) is 0 Å². The summed E-state index contributed by atoms with van der Waals surface area (Å²) in [7, 11) is 0. The average molecular weight is 160 g/mol. The molecule has 0 radical (unpaired) electrons. The van der Waals surface area contributed by atoms with Crippen LogP contribution in [0.5, 0.6) is 0 Å². The van der Waals surface area contributed by atoms with Gasteiger partial charge in [0.25, 0.3) is 0 Å². The monoisotopic (exact) mass is 160 g/mol. The van der Waals surface area contributed by atoms with Gasteiger partial charge >= 0.3 is 0 Å². The lowest BCUT2D eigenvalue weighted by atomic mass is 10.5. The van der Waals surface area contributed by atoms with Crippen LogP contribution in [0.25, 0.3) is 0 Å². The van der Waals surface area contributed by atoms with Crippen LogP contribution in [0, 0.1) is 0 Å². The Labute approximate surface area is 70.3 Å². The topological polar surface area (TPSA) is 41.4 Å². The molecule has 0 aliphatic carbocycles. The van der Waals surface area contributed by atoms with Gasteiger partial charge in [-0.2, -0.15) is 0 Å². The van der Waals surface area contributed by atoms with Gasteiger partial charge in [0.05, 0.1) is 0 Å². The van der Waals surface area contributed by atoms with Crippen molar-refractivity contribution in [1.82, 2.24) is 9.97 Å². The molecule has 12 heavy (non-hydrogen) atoms. The first-order valence-electron chi connectivity index (χ1n) is 3.66. The van der Waals surface area contributed by atoms with E-state index in [9.17, 15) is 0 Å². The fourth-order valence-electron chi connectivity index (χ4n) is 0.988. The van der Waals surface area contributed by atoms with Crippen LogP contribution in [0.3, 0.4) is 0 Å². The summed E-state index contributed by atoms with van der Waals surface area (Å²) in [5.41, 5.74) is 0. The number of aliphatic imine (C=N–C) groups is 1.